The normalized spacial score (nSPS) is 22.1. The molecule has 1 amide bonds. The van der Waals surface area contributed by atoms with Crippen LogP contribution in [0.2, 0.25) is 0 Å². The third-order valence-electron chi connectivity index (χ3n) is 6.03. The Balaban J connectivity index is 1.19. The maximum Gasteiger partial charge on any atom is 0.246 e. The van der Waals surface area contributed by atoms with Crippen molar-refractivity contribution in [1.82, 2.24) is 10.2 Å². The van der Waals surface area contributed by atoms with E-state index in [1.165, 1.54) is 24.1 Å². The van der Waals surface area contributed by atoms with Gasteiger partial charge in [-0.25, -0.2) is 0 Å². The standard InChI is InChI=1S/C24H28N2O3/c27-22-8-6-17(14-23(22)28)7-9-24(29)26-12-10-18(11-13-26)16-25-21-15-20(21)19-4-2-1-3-5-19/h1-9,14,18,20-21,25,27-28H,10-13,15-16H2/b9-7+/t20-,21+/m0/s1. The van der Waals surface area contributed by atoms with E-state index in [1.807, 2.05) is 4.90 Å². The van der Waals surface area contributed by atoms with E-state index in [0.717, 1.165) is 32.5 Å². The molecular formula is C24H28N2O3. The second-order valence-electron chi connectivity index (χ2n) is 8.12. The first-order valence-corrected chi connectivity index (χ1v) is 10.4. The topological polar surface area (TPSA) is 72.8 Å². The Hall–Kier alpha value is -2.79. The first-order chi connectivity index (χ1) is 14.1. The van der Waals surface area contributed by atoms with Crippen LogP contribution in [0.4, 0.5) is 0 Å². The highest BCUT2D eigenvalue weighted by atomic mass is 16.3. The lowest BCUT2D eigenvalue weighted by molar-refractivity contribution is -0.127. The molecule has 1 saturated carbocycles. The number of amides is 1. The van der Waals surface area contributed by atoms with Crippen LogP contribution in [0.15, 0.2) is 54.6 Å². The molecule has 5 heteroatoms. The van der Waals surface area contributed by atoms with Crippen molar-refractivity contribution in [2.24, 2.45) is 5.92 Å². The minimum absolute atomic E-state index is 0.00434. The Morgan fingerprint density at radius 2 is 1.83 bits per heavy atom. The summed E-state index contributed by atoms with van der Waals surface area (Å²) in [5.74, 6) is 0.926. The van der Waals surface area contributed by atoms with E-state index in [0.29, 0.717) is 23.4 Å². The fourth-order valence-corrected chi connectivity index (χ4v) is 4.08. The van der Waals surface area contributed by atoms with Crippen LogP contribution < -0.4 is 5.32 Å². The summed E-state index contributed by atoms with van der Waals surface area (Å²) < 4.78 is 0. The van der Waals surface area contributed by atoms with Crippen molar-refractivity contribution >= 4 is 12.0 Å². The highest BCUT2D eigenvalue weighted by Gasteiger charge is 2.38. The maximum atomic E-state index is 12.4. The van der Waals surface area contributed by atoms with E-state index in [4.69, 9.17) is 0 Å². The summed E-state index contributed by atoms with van der Waals surface area (Å²) in [6, 6.07) is 15.8. The van der Waals surface area contributed by atoms with Crippen LogP contribution in [-0.4, -0.2) is 46.7 Å². The number of rotatable bonds is 6. The molecule has 0 spiro atoms. The second kappa shape index (κ2) is 8.70. The van der Waals surface area contributed by atoms with Gasteiger partial charge in [0.25, 0.3) is 0 Å². The minimum Gasteiger partial charge on any atom is -0.504 e. The average molecular weight is 392 g/mol. The number of aromatic hydroxyl groups is 2. The van der Waals surface area contributed by atoms with E-state index < -0.39 is 0 Å². The van der Waals surface area contributed by atoms with Crippen molar-refractivity contribution < 1.29 is 15.0 Å². The quantitative estimate of drug-likeness (QED) is 0.520. The number of benzene rings is 2. The van der Waals surface area contributed by atoms with Gasteiger partial charge in [0.2, 0.25) is 5.91 Å². The summed E-state index contributed by atoms with van der Waals surface area (Å²) in [5, 5.41) is 22.6. The zero-order valence-corrected chi connectivity index (χ0v) is 16.5. The van der Waals surface area contributed by atoms with Crippen LogP contribution >= 0.6 is 0 Å². The number of hydrogen-bond donors (Lipinski definition) is 3. The smallest absolute Gasteiger partial charge is 0.246 e. The number of carbonyl (C=O) groups is 1. The number of nitrogens with one attached hydrogen (secondary N) is 1. The molecule has 0 bridgehead atoms. The van der Waals surface area contributed by atoms with Crippen molar-refractivity contribution in [2.45, 2.75) is 31.2 Å². The molecule has 2 atom stereocenters. The highest BCUT2D eigenvalue weighted by molar-refractivity contribution is 5.91. The molecule has 2 fully saturated rings. The Morgan fingerprint density at radius 3 is 2.55 bits per heavy atom. The lowest BCUT2D eigenvalue weighted by atomic mass is 9.96. The van der Waals surface area contributed by atoms with Crippen molar-refractivity contribution in [3.05, 3.63) is 65.7 Å². The summed E-state index contributed by atoms with van der Waals surface area (Å²) >= 11 is 0. The Bertz CT molecular complexity index is 873. The summed E-state index contributed by atoms with van der Waals surface area (Å²) in [6.07, 6.45) is 6.48. The Morgan fingerprint density at radius 1 is 1.07 bits per heavy atom. The van der Waals surface area contributed by atoms with Gasteiger partial charge in [0.1, 0.15) is 0 Å². The predicted molar refractivity (Wildman–Crippen MR) is 114 cm³/mol. The van der Waals surface area contributed by atoms with Gasteiger partial charge in [-0.3, -0.25) is 4.79 Å². The molecule has 0 radical (unpaired) electrons. The van der Waals surface area contributed by atoms with Crippen molar-refractivity contribution in [3.8, 4) is 11.5 Å². The summed E-state index contributed by atoms with van der Waals surface area (Å²) in [7, 11) is 0. The fourth-order valence-electron chi connectivity index (χ4n) is 4.08. The summed E-state index contributed by atoms with van der Waals surface area (Å²) in [5.41, 5.74) is 2.12. The number of nitrogens with zero attached hydrogens (tertiary/aromatic N) is 1. The van der Waals surface area contributed by atoms with Gasteiger partial charge >= 0.3 is 0 Å². The van der Waals surface area contributed by atoms with Crippen LogP contribution in [-0.2, 0) is 4.79 Å². The largest absolute Gasteiger partial charge is 0.504 e. The van der Waals surface area contributed by atoms with Crippen LogP contribution in [0, 0.1) is 5.92 Å². The zero-order chi connectivity index (χ0) is 20.2. The van der Waals surface area contributed by atoms with Crippen molar-refractivity contribution in [1.29, 1.82) is 0 Å². The highest BCUT2D eigenvalue weighted by Crippen LogP contribution is 2.40. The van der Waals surface area contributed by atoms with E-state index in [9.17, 15) is 15.0 Å². The van der Waals surface area contributed by atoms with Gasteiger partial charge in [0.15, 0.2) is 11.5 Å². The number of phenols is 2. The van der Waals surface area contributed by atoms with Gasteiger partial charge in [-0.15, -0.1) is 0 Å². The molecule has 1 heterocycles. The van der Waals surface area contributed by atoms with Gasteiger partial charge in [-0.1, -0.05) is 36.4 Å². The zero-order valence-electron chi connectivity index (χ0n) is 16.5. The van der Waals surface area contributed by atoms with E-state index in [1.54, 1.807) is 18.2 Å². The number of carbonyl (C=O) groups excluding carboxylic acids is 1. The number of phenolic OH excluding ortho intramolecular Hbond substituents is 2. The minimum atomic E-state index is -0.182. The second-order valence-corrected chi connectivity index (χ2v) is 8.12. The molecule has 5 nitrogen and oxygen atoms in total. The van der Waals surface area contributed by atoms with Gasteiger partial charge in [-0.05, 0) is 61.1 Å². The van der Waals surface area contributed by atoms with Crippen LogP contribution in [0.5, 0.6) is 11.5 Å². The number of piperidine rings is 1. The van der Waals surface area contributed by atoms with Gasteiger partial charge in [-0.2, -0.15) is 0 Å². The van der Waals surface area contributed by atoms with Gasteiger partial charge < -0.3 is 20.4 Å². The van der Waals surface area contributed by atoms with Crippen LogP contribution in [0.25, 0.3) is 6.08 Å². The van der Waals surface area contributed by atoms with Crippen LogP contribution in [0.1, 0.15) is 36.3 Å². The summed E-state index contributed by atoms with van der Waals surface area (Å²) in [6.45, 7) is 2.59. The Labute approximate surface area is 171 Å². The first-order valence-electron chi connectivity index (χ1n) is 10.4. The molecule has 3 N–H and O–H groups in total. The van der Waals surface area contributed by atoms with Gasteiger partial charge in [0.05, 0.1) is 0 Å². The molecule has 4 rings (SSSR count). The van der Waals surface area contributed by atoms with Crippen LogP contribution in [0.3, 0.4) is 0 Å². The van der Waals surface area contributed by atoms with Crippen molar-refractivity contribution in [3.63, 3.8) is 0 Å². The lowest BCUT2D eigenvalue weighted by Crippen LogP contribution is -2.40. The third kappa shape index (κ3) is 4.98. The summed E-state index contributed by atoms with van der Waals surface area (Å²) in [4.78, 5) is 14.3. The SMILES string of the molecule is O=C(/C=C/c1ccc(O)c(O)c1)N1CCC(CN[C@@H]2C[C@H]2c2ccccc2)CC1. The molecule has 2 aliphatic rings. The van der Waals surface area contributed by atoms with Crippen molar-refractivity contribution in [2.75, 3.05) is 19.6 Å². The number of hydrogen-bond acceptors (Lipinski definition) is 4. The molecule has 2 aromatic rings. The molecule has 1 aliphatic heterocycles. The average Bonchev–Trinajstić information content (AvgIpc) is 3.54. The molecular weight excluding hydrogens is 364 g/mol. The monoisotopic (exact) mass is 392 g/mol. The molecule has 0 aromatic heterocycles. The molecule has 29 heavy (non-hydrogen) atoms. The third-order valence-corrected chi connectivity index (χ3v) is 6.03. The number of likely N-dealkylation sites (tertiary alicyclic amines) is 1. The fraction of sp³-hybridized carbons (Fsp3) is 0.375. The molecule has 0 unspecified atom stereocenters. The molecule has 1 aliphatic carbocycles. The molecule has 152 valence electrons. The predicted octanol–water partition coefficient (Wildman–Crippen LogP) is 3.50. The maximum absolute atomic E-state index is 12.4. The van der Waals surface area contributed by atoms with E-state index in [2.05, 4.69) is 35.6 Å². The molecule has 2 aromatic carbocycles. The lowest BCUT2D eigenvalue weighted by Gasteiger charge is -2.31. The Kier molecular flexibility index (Phi) is 5.86. The van der Waals surface area contributed by atoms with Gasteiger partial charge in [0, 0.05) is 31.1 Å². The molecule has 1 saturated heterocycles. The van der Waals surface area contributed by atoms with E-state index >= 15 is 0 Å². The first kappa shape index (κ1) is 19.5. The van der Waals surface area contributed by atoms with E-state index in [-0.39, 0.29) is 17.4 Å².